The Hall–Kier alpha value is -0.697. The fourth-order valence-corrected chi connectivity index (χ4v) is 7.63. The van der Waals surface area contributed by atoms with Gasteiger partial charge in [-0.05, 0) is 24.7 Å². The first kappa shape index (κ1) is 47.5. The van der Waals surface area contributed by atoms with Crippen molar-refractivity contribution in [1.29, 1.82) is 0 Å². The smallest absolute Gasteiger partial charge is 0.109 e. The number of aryl methyl sites for hydroxylation is 2. The van der Waals surface area contributed by atoms with Crippen LogP contribution in [0.2, 0.25) is 0 Å². The molecule has 0 saturated carbocycles. The molecule has 0 N–H and O–H groups in total. The molecule has 276 valence electrons. The maximum absolute atomic E-state index is 5.94. The van der Waals surface area contributed by atoms with Crippen molar-refractivity contribution in [3.63, 3.8) is 0 Å². The van der Waals surface area contributed by atoms with Crippen LogP contribution in [0.5, 0.6) is 0 Å². The van der Waals surface area contributed by atoms with Gasteiger partial charge in [0.25, 0.3) is 0 Å². The van der Waals surface area contributed by atoms with Crippen LogP contribution in [0.15, 0.2) is 97.1 Å². The molecule has 5 aromatic rings. The van der Waals surface area contributed by atoms with Crippen molar-refractivity contribution in [3.05, 3.63) is 148 Å². The molecule has 0 heterocycles. The zero-order chi connectivity index (χ0) is 37.2. The molecule has 0 spiro atoms. The zero-order valence-corrected chi connectivity index (χ0v) is 39.0. The minimum atomic E-state index is -1.45. The number of alkyl halides is 6. The summed E-state index contributed by atoms with van der Waals surface area (Å²) in [6, 6.07) is 26.8. The van der Waals surface area contributed by atoms with Gasteiger partial charge in [-0.3, -0.25) is 6.08 Å². The second-order valence-corrected chi connectivity index (χ2v) is 20.5. The van der Waals surface area contributed by atoms with Gasteiger partial charge in [0.15, 0.2) is 0 Å². The van der Waals surface area contributed by atoms with Crippen molar-refractivity contribution in [2.24, 2.45) is 0 Å². The summed E-state index contributed by atoms with van der Waals surface area (Å²) in [5.74, 6) is 0. The second kappa shape index (κ2) is 19.0. The molecule has 1 aliphatic rings. The molecule has 0 fully saturated rings. The minimum absolute atomic E-state index is 0. The second-order valence-electron chi connectivity index (χ2n) is 14.7. The predicted octanol–water partition coefficient (Wildman–Crippen LogP) is 8.69. The molecule has 0 nitrogen and oxygen atoms in total. The standard InChI is InChI=1S/C23H29.C15H8Cl6.C5H5.2ClH.Zr/c1-14-9-16-11-17-10-15(2)21(23(6,7)8)13-19(17)18(16)12-20(14)22(3,4)5;16-14(17,18)12-5-1-3-10(8-12)7-11-4-2-6-13(9-11)15(19,20)21;1-2-4-5-3-1;;;/h9-13H,1-8H3;1-6,8-9H;1-3H,4H2;2*1H;/q-1;;-1;;;+2/p-2. The van der Waals surface area contributed by atoms with E-state index in [9.17, 15) is 0 Å². The monoisotopic (exact) mass is 928 g/mol. The van der Waals surface area contributed by atoms with Gasteiger partial charge in [0.05, 0.1) is 0 Å². The van der Waals surface area contributed by atoms with Gasteiger partial charge < -0.3 is 24.8 Å². The van der Waals surface area contributed by atoms with E-state index in [2.05, 4.69) is 97.9 Å². The largest absolute Gasteiger partial charge is 1.00 e. The first-order chi connectivity index (χ1) is 23.1. The normalized spacial score (nSPS) is 12.8. The van der Waals surface area contributed by atoms with E-state index in [0.29, 0.717) is 11.1 Å². The van der Waals surface area contributed by atoms with Crippen LogP contribution in [0.25, 0.3) is 21.5 Å². The van der Waals surface area contributed by atoms with E-state index in [0.717, 1.165) is 20.8 Å². The van der Waals surface area contributed by atoms with Crippen molar-refractivity contribution in [3.8, 4) is 0 Å². The van der Waals surface area contributed by atoms with E-state index >= 15 is 0 Å². The number of fused-ring (bicyclic) bond motifs is 3. The molecular weight excluding hydrogens is 891 g/mol. The van der Waals surface area contributed by atoms with E-state index in [1.54, 1.807) is 12.1 Å². The summed E-state index contributed by atoms with van der Waals surface area (Å²) >= 11 is 36.9. The van der Waals surface area contributed by atoms with Gasteiger partial charge in [0, 0.05) is 0 Å². The number of benzene rings is 4. The molecule has 0 aliphatic heterocycles. The molecule has 0 bridgehead atoms. The van der Waals surface area contributed by atoms with E-state index in [4.69, 9.17) is 69.6 Å². The number of halogens is 8. The van der Waals surface area contributed by atoms with Gasteiger partial charge in [-0.2, -0.15) is 6.08 Å². The molecule has 0 aromatic heterocycles. The maximum atomic E-state index is 5.94. The van der Waals surface area contributed by atoms with E-state index in [1.165, 1.54) is 68.0 Å². The Morgan fingerprint density at radius 1 is 0.635 bits per heavy atom. The van der Waals surface area contributed by atoms with Gasteiger partial charge in [0.1, 0.15) is 0 Å². The van der Waals surface area contributed by atoms with Crippen molar-refractivity contribution < 1.29 is 49.0 Å². The summed E-state index contributed by atoms with van der Waals surface area (Å²) in [6.45, 7) is 18.3. The van der Waals surface area contributed by atoms with E-state index in [1.807, 2.05) is 48.6 Å². The fraction of sp³-hybridized carbons (Fsp3) is 0.302. The van der Waals surface area contributed by atoms with Crippen LogP contribution >= 0.6 is 69.6 Å². The molecule has 0 radical (unpaired) electrons. The molecular formula is C43H42Cl8Zr-2. The zero-order valence-electron chi connectivity index (χ0n) is 30.5. The Balaban J connectivity index is 0.000000307. The SMILES string of the molecule is Cc1cc2[cH-]c3cc(C)c(C(C)(C)C)cc3c2cc1C(C)(C)C.ClC(Cl)(Cl)c1cccc([C](=[Zr+2])c2cccc(C(Cl)(Cl)Cl)c2)c1.[C-]1=CC=CC1.[Cl-].[Cl-]. The van der Waals surface area contributed by atoms with Gasteiger partial charge in [-0.15, -0.1) is 46.2 Å². The molecule has 5 aromatic carbocycles. The predicted molar refractivity (Wildman–Crippen MR) is 220 cm³/mol. The van der Waals surface area contributed by atoms with Crippen molar-refractivity contribution >= 4 is 94.4 Å². The van der Waals surface area contributed by atoms with Crippen LogP contribution in [0, 0.1) is 19.9 Å². The minimum Gasteiger partial charge on any atom is -1.00 e. The molecule has 6 rings (SSSR count). The third kappa shape index (κ3) is 12.4. The van der Waals surface area contributed by atoms with Crippen molar-refractivity contribution in [1.82, 2.24) is 0 Å². The molecule has 9 heteroatoms. The van der Waals surface area contributed by atoms with E-state index in [-0.39, 0.29) is 35.6 Å². The maximum Gasteiger partial charge on any atom is -0.109 e. The number of hydrogen-bond donors (Lipinski definition) is 0. The molecule has 52 heavy (non-hydrogen) atoms. The summed E-state index contributed by atoms with van der Waals surface area (Å²) in [5, 5.41) is 5.55. The average molecular weight is 934 g/mol. The summed E-state index contributed by atoms with van der Waals surface area (Å²) in [7, 11) is 0. The van der Waals surface area contributed by atoms with Gasteiger partial charge in [-0.1, -0.05) is 75.9 Å². The van der Waals surface area contributed by atoms with Crippen LogP contribution in [-0.2, 0) is 42.7 Å². The number of hydrogen-bond acceptors (Lipinski definition) is 0. The Morgan fingerprint density at radius 3 is 1.33 bits per heavy atom. The van der Waals surface area contributed by atoms with Crippen LogP contribution in [0.1, 0.15) is 92.5 Å². The van der Waals surface area contributed by atoms with Gasteiger partial charge in [0.2, 0.25) is 0 Å². The van der Waals surface area contributed by atoms with Gasteiger partial charge >= 0.3 is 175 Å². The number of rotatable bonds is 2. The summed E-state index contributed by atoms with van der Waals surface area (Å²) in [4.78, 5) is 0. The van der Waals surface area contributed by atoms with Crippen LogP contribution < -0.4 is 24.8 Å². The van der Waals surface area contributed by atoms with E-state index < -0.39 is 7.59 Å². The summed E-state index contributed by atoms with van der Waals surface area (Å²) in [5.41, 5.74) is 9.25. The molecule has 1 aliphatic carbocycles. The third-order valence-corrected chi connectivity index (χ3v) is 11.3. The first-order valence-electron chi connectivity index (χ1n) is 16.4. The average Bonchev–Trinajstić information content (AvgIpc) is 3.70. The van der Waals surface area contributed by atoms with Crippen molar-refractivity contribution in [2.45, 2.75) is 80.2 Å². The van der Waals surface area contributed by atoms with Crippen LogP contribution in [-0.4, -0.2) is 3.21 Å². The van der Waals surface area contributed by atoms with Crippen molar-refractivity contribution in [2.75, 3.05) is 0 Å². The topological polar surface area (TPSA) is 0 Å². The van der Waals surface area contributed by atoms with Crippen LogP contribution in [0.3, 0.4) is 0 Å². The molecule has 0 saturated heterocycles. The summed E-state index contributed by atoms with van der Waals surface area (Å²) in [6.07, 6.45) is 10.0. The Morgan fingerprint density at radius 2 is 1.04 bits per heavy atom. The Kier molecular flexibility index (Phi) is 17.3. The molecule has 0 unspecified atom stereocenters. The fourth-order valence-electron chi connectivity index (χ4n) is 6.16. The Bertz CT molecular complexity index is 1920. The third-order valence-electron chi connectivity index (χ3n) is 8.55. The summed E-state index contributed by atoms with van der Waals surface area (Å²) < 4.78 is -1.82. The quantitative estimate of drug-likeness (QED) is 0.123. The first-order valence-corrected chi connectivity index (χ1v) is 19.9. The number of allylic oxidation sites excluding steroid dienone is 4. The van der Waals surface area contributed by atoms with Crippen LogP contribution in [0.4, 0.5) is 0 Å². The Labute approximate surface area is 367 Å². The molecule has 0 amide bonds. The van der Waals surface area contributed by atoms with Gasteiger partial charge in [-0.25, -0.2) is 12.2 Å². The molecule has 0 atom stereocenters.